The Labute approximate surface area is 171 Å². The Morgan fingerprint density at radius 1 is 1.31 bits per heavy atom. The molecule has 0 fully saturated rings. The number of halogens is 1. The first-order valence-corrected chi connectivity index (χ1v) is 9.22. The van der Waals surface area contributed by atoms with Crippen LogP contribution >= 0.6 is 11.6 Å². The smallest absolute Gasteiger partial charge is 0.347 e. The maximum absolute atomic E-state index is 12.4. The van der Waals surface area contributed by atoms with Gasteiger partial charge in [0.25, 0.3) is 0 Å². The number of aromatic nitrogens is 1. The molecule has 29 heavy (non-hydrogen) atoms. The van der Waals surface area contributed by atoms with E-state index in [-0.39, 0.29) is 29.6 Å². The van der Waals surface area contributed by atoms with Crippen LogP contribution in [0.2, 0.25) is 5.02 Å². The van der Waals surface area contributed by atoms with Crippen LogP contribution in [0.3, 0.4) is 0 Å². The number of carbonyl (C=O) groups excluding carboxylic acids is 1. The maximum atomic E-state index is 12.4. The first-order valence-electron chi connectivity index (χ1n) is 8.84. The summed E-state index contributed by atoms with van der Waals surface area (Å²) in [5.74, 6) is -0.362. The van der Waals surface area contributed by atoms with Crippen molar-refractivity contribution in [1.29, 1.82) is 0 Å². The number of allylic oxidation sites excluding steroid dienone is 1. The van der Waals surface area contributed by atoms with E-state index in [2.05, 4.69) is 15.3 Å². The molecule has 1 aliphatic heterocycles. The van der Waals surface area contributed by atoms with E-state index in [9.17, 15) is 9.90 Å². The second-order valence-electron chi connectivity index (χ2n) is 6.08. The second-order valence-corrected chi connectivity index (χ2v) is 6.48. The lowest BCUT2D eigenvalue weighted by atomic mass is 10.1. The van der Waals surface area contributed by atoms with E-state index in [0.29, 0.717) is 22.1 Å². The zero-order valence-corrected chi connectivity index (χ0v) is 16.1. The lowest BCUT2D eigenvalue weighted by Crippen LogP contribution is -2.06. The molecular weight excluding hydrogens is 394 g/mol. The molecule has 0 amide bonds. The fourth-order valence-corrected chi connectivity index (χ4v) is 3.07. The van der Waals surface area contributed by atoms with Crippen molar-refractivity contribution in [2.45, 2.75) is 6.92 Å². The van der Waals surface area contributed by atoms with Crippen LogP contribution in [0.4, 0.5) is 17.4 Å². The molecule has 2 aromatic heterocycles. The van der Waals surface area contributed by atoms with E-state index in [1.165, 1.54) is 0 Å². The molecule has 0 aliphatic carbocycles. The maximum Gasteiger partial charge on any atom is 0.347 e. The SMILES string of the molecule is CCOC(=O)c1c(Nc2ccccc2Cl)oc(C=C2C=Nc3ncccc32)c1O. The number of esters is 1. The molecule has 0 bridgehead atoms. The third kappa shape index (κ3) is 3.60. The summed E-state index contributed by atoms with van der Waals surface area (Å²) in [7, 11) is 0. The fraction of sp³-hybridized carbons (Fsp3) is 0.0952. The molecule has 2 N–H and O–H groups in total. The monoisotopic (exact) mass is 409 g/mol. The highest BCUT2D eigenvalue weighted by Gasteiger charge is 2.27. The van der Waals surface area contributed by atoms with Gasteiger partial charge in [-0.25, -0.2) is 14.8 Å². The summed E-state index contributed by atoms with van der Waals surface area (Å²) in [6, 6.07) is 10.6. The Morgan fingerprint density at radius 3 is 2.93 bits per heavy atom. The third-order valence-corrected chi connectivity index (χ3v) is 4.55. The van der Waals surface area contributed by atoms with E-state index in [1.54, 1.807) is 55.7 Å². The highest BCUT2D eigenvalue weighted by molar-refractivity contribution is 6.33. The molecular formula is C21H16ClN3O4. The number of carbonyl (C=O) groups is 1. The zero-order chi connectivity index (χ0) is 20.4. The van der Waals surface area contributed by atoms with Gasteiger partial charge in [-0.1, -0.05) is 23.7 Å². The highest BCUT2D eigenvalue weighted by Crippen LogP contribution is 2.40. The van der Waals surface area contributed by atoms with E-state index in [1.807, 2.05) is 6.07 Å². The van der Waals surface area contributed by atoms with Gasteiger partial charge in [0, 0.05) is 23.5 Å². The fourth-order valence-electron chi connectivity index (χ4n) is 2.89. The van der Waals surface area contributed by atoms with Crippen LogP contribution in [0.1, 0.15) is 28.6 Å². The van der Waals surface area contributed by atoms with E-state index < -0.39 is 5.97 Å². The normalized spacial score (nSPS) is 13.5. The molecule has 0 saturated carbocycles. The average Bonchev–Trinajstić information content (AvgIpc) is 3.25. The Hall–Kier alpha value is -3.58. The predicted molar refractivity (Wildman–Crippen MR) is 111 cm³/mol. The standard InChI is InChI=1S/C21H16ClN3O4/c1-2-28-21(27)17-18(26)16(10-12-11-24-19-13(12)6-5-9-23-19)29-20(17)25-15-8-4-3-7-14(15)22/h3-11,25-26H,2H2,1H3. The van der Waals surface area contributed by atoms with Crippen LogP contribution in [0.15, 0.2) is 52.0 Å². The summed E-state index contributed by atoms with van der Waals surface area (Å²) < 4.78 is 10.8. The van der Waals surface area contributed by atoms with Crippen molar-refractivity contribution in [3.63, 3.8) is 0 Å². The minimum atomic E-state index is -0.713. The van der Waals surface area contributed by atoms with Gasteiger partial charge in [-0.3, -0.25) is 0 Å². The molecule has 7 nitrogen and oxygen atoms in total. The molecule has 0 spiro atoms. The zero-order valence-electron chi connectivity index (χ0n) is 15.3. The summed E-state index contributed by atoms with van der Waals surface area (Å²) in [4.78, 5) is 20.8. The van der Waals surface area contributed by atoms with Gasteiger partial charge >= 0.3 is 5.97 Å². The van der Waals surface area contributed by atoms with Crippen molar-refractivity contribution >= 4 is 52.8 Å². The quantitative estimate of drug-likeness (QED) is 0.561. The minimum absolute atomic E-state index is 0.0299. The third-order valence-electron chi connectivity index (χ3n) is 4.22. The summed E-state index contributed by atoms with van der Waals surface area (Å²) in [5.41, 5.74) is 1.89. The predicted octanol–water partition coefficient (Wildman–Crippen LogP) is 5.21. The number of anilines is 2. The van der Waals surface area contributed by atoms with Gasteiger partial charge in [0.2, 0.25) is 5.88 Å². The van der Waals surface area contributed by atoms with Crippen molar-refractivity contribution in [2.75, 3.05) is 11.9 Å². The number of nitrogens with zero attached hydrogens (tertiary/aromatic N) is 2. The number of aliphatic imine (C=N–C) groups is 1. The Kier molecular flexibility index (Phi) is 5.05. The molecule has 3 heterocycles. The van der Waals surface area contributed by atoms with Gasteiger partial charge in [0.15, 0.2) is 22.9 Å². The molecule has 0 atom stereocenters. The van der Waals surface area contributed by atoms with Crippen molar-refractivity contribution in [3.8, 4) is 5.75 Å². The number of ether oxygens (including phenoxy) is 1. The molecule has 1 aromatic carbocycles. The number of benzene rings is 1. The molecule has 0 saturated heterocycles. The van der Waals surface area contributed by atoms with E-state index in [4.69, 9.17) is 20.8 Å². The number of furan rings is 1. The van der Waals surface area contributed by atoms with Gasteiger partial charge in [-0.05, 0) is 37.3 Å². The van der Waals surface area contributed by atoms with Gasteiger partial charge in [-0.15, -0.1) is 0 Å². The highest BCUT2D eigenvalue weighted by atomic mass is 35.5. The summed E-state index contributed by atoms with van der Waals surface area (Å²) in [5, 5.41) is 14.1. The Morgan fingerprint density at radius 2 is 2.14 bits per heavy atom. The summed E-state index contributed by atoms with van der Waals surface area (Å²) in [6.07, 6.45) is 4.85. The summed E-state index contributed by atoms with van der Waals surface area (Å²) >= 11 is 6.19. The molecule has 0 unspecified atom stereocenters. The molecule has 0 radical (unpaired) electrons. The first kappa shape index (κ1) is 18.8. The van der Waals surface area contributed by atoms with Gasteiger partial charge in [0.05, 0.1) is 17.3 Å². The van der Waals surface area contributed by atoms with Crippen molar-refractivity contribution in [2.24, 2.45) is 4.99 Å². The Balaban J connectivity index is 1.78. The van der Waals surface area contributed by atoms with Crippen molar-refractivity contribution in [3.05, 3.63) is 64.5 Å². The number of rotatable bonds is 5. The molecule has 4 rings (SSSR count). The summed E-state index contributed by atoms with van der Waals surface area (Å²) in [6.45, 7) is 1.83. The number of fused-ring (bicyclic) bond motifs is 1. The van der Waals surface area contributed by atoms with Crippen LogP contribution in [0, 0.1) is 0 Å². The number of para-hydroxylation sites is 1. The van der Waals surface area contributed by atoms with Crippen LogP contribution < -0.4 is 5.32 Å². The van der Waals surface area contributed by atoms with Crippen LogP contribution in [-0.2, 0) is 4.74 Å². The Bertz CT molecular complexity index is 1150. The molecule has 1 aliphatic rings. The van der Waals surface area contributed by atoms with Gasteiger partial charge in [-0.2, -0.15) is 0 Å². The molecule has 3 aromatic rings. The number of hydrogen-bond acceptors (Lipinski definition) is 7. The van der Waals surface area contributed by atoms with E-state index in [0.717, 1.165) is 5.56 Å². The van der Waals surface area contributed by atoms with Crippen LogP contribution in [0.25, 0.3) is 11.6 Å². The number of nitrogens with one attached hydrogen (secondary N) is 1. The number of hydrogen-bond donors (Lipinski definition) is 2. The topological polar surface area (TPSA) is 97.0 Å². The lowest BCUT2D eigenvalue weighted by Gasteiger charge is -2.07. The second kappa shape index (κ2) is 7.81. The first-order chi connectivity index (χ1) is 14.1. The molecule has 146 valence electrons. The number of pyridine rings is 1. The number of aromatic hydroxyl groups is 1. The van der Waals surface area contributed by atoms with Gasteiger partial charge in [0.1, 0.15) is 0 Å². The van der Waals surface area contributed by atoms with Gasteiger partial charge < -0.3 is 19.6 Å². The lowest BCUT2D eigenvalue weighted by molar-refractivity contribution is 0.0524. The minimum Gasteiger partial charge on any atom is -0.504 e. The largest absolute Gasteiger partial charge is 0.504 e. The van der Waals surface area contributed by atoms with Crippen molar-refractivity contribution < 1.29 is 19.1 Å². The van der Waals surface area contributed by atoms with Crippen molar-refractivity contribution in [1.82, 2.24) is 4.98 Å². The van der Waals surface area contributed by atoms with E-state index >= 15 is 0 Å². The molecule has 8 heteroatoms. The average molecular weight is 410 g/mol. The van der Waals surface area contributed by atoms with Crippen LogP contribution in [-0.4, -0.2) is 28.9 Å². The van der Waals surface area contributed by atoms with Crippen LogP contribution in [0.5, 0.6) is 5.75 Å².